The fourth-order valence-electron chi connectivity index (χ4n) is 1.44. The number of H-pyrrole nitrogens is 1. The molecule has 0 spiro atoms. The van der Waals surface area contributed by atoms with Crippen molar-refractivity contribution < 1.29 is 13.2 Å². The van der Waals surface area contributed by atoms with Gasteiger partial charge >= 0.3 is 0 Å². The Hall–Kier alpha value is -1.38. The van der Waals surface area contributed by atoms with Gasteiger partial charge < -0.3 is 4.98 Å². The molecule has 0 aliphatic carbocycles. The molecule has 7 nitrogen and oxygen atoms in total. The molecule has 0 aliphatic rings. The molecule has 17 heavy (non-hydrogen) atoms. The average Bonchev–Trinajstić information content (AvgIpc) is 2.79. The summed E-state index contributed by atoms with van der Waals surface area (Å²) in [7, 11) is -3.54. The Kier molecular flexibility index (Phi) is 4.27. The van der Waals surface area contributed by atoms with Crippen molar-refractivity contribution in [3.63, 3.8) is 0 Å². The summed E-state index contributed by atoms with van der Waals surface area (Å²) in [6.07, 6.45) is 1.28. The predicted octanol–water partition coefficient (Wildman–Crippen LogP) is -0.351. The topological polar surface area (TPSA) is 108 Å². The van der Waals surface area contributed by atoms with E-state index in [0.29, 0.717) is 13.1 Å². The van der Waals surface area contributed by atoms with E-state index in [1.165, 1.54) is 16.6 Å². The lowest BCUT2D eigenvalue weighted by molar-refractivity contribution is 0.0949. The van der Waals surface area contributed by atoms with E-state index in [9.17, 15) is 13.2 Å². The number of nitrogens with zero attached hydrogens (tertiary/aromatic N) is 1. The van der Waals surface area contributed by atoms with Gasteiger partial charge in [0.05, 0.1) is 0 Å². The van der Waals surface area contributed by atoms with E-state index in [-0.39, 0.29) is 10.6 Å². The Labute approximate surface area is 100 Å². The molecule has 0 aromatic carbocycles. The minimum atomic E-state index is -3.54. The van der Waals surface area contributed by atoms with E-state index >= 15 is 0 Å². The molecule has 1 aromatic rings. The number of aromatic amines is 1. The monoisotopic (exact) mass is 260 g/mol. The van der Waals surface area contributed by atoms with Crippen LogP contribution in [0.25, 0.3) is 0 Å². The Morgan fingerprint density at radius 3 is 2.53 bits per heavy atom. The second kappa shape index (κ2) is 5.30. The summed E-state index contributed by atoms with van der Waals surface area (Å²) < 4.78 is 25.4. The summed E-state index contributed by atoms with van der Waals surface area (Å²) in [6.45, 7) is 4.26. The van der Waals surface area contributed by atoms with Crippen molar-refractivity contribution in [2.75, 3.05) is 13.1 Å². The summed E-state index contributed by atoms with van der Waals surface area (Å²) in [5.74, 6) is 4.39. The van der Waals surface area contributed by atoms with Crippen LogP contribution in [0, 0.1) is 0 Å². The molecule has 96 valence electrons. The van der Waals surface area contributed by atoms with Gasteiger partial charge in [-0.25, -0.2) is 14.3 Å². The number of nitrogens with one attached hydrogen (secondary N) is 2. The first-order valence-electron chi connectivity index (χ1n) is 5.16. The molecule has 0 saturated carbocycles. The van der Waals surface area contributed by atoms with Gasteiger partial charge in [-0.05, 0) is 6.07 Å². The van der Waals surface area contributed by atoms with Crippen molar-refractivity contribution in [1.82, 2.24) is 14.7 Å². The quantitative estimate of drug-likeness (QED) is 0.382. The molecule has 8 heteroatoms. The summed E-state index contributed by atoms with van der Waals surface area (Å²) >= 11 is 0. The molecule has 1 rings (SSSR count). The van der Waals surface area contributed by atoms with Crippen molar-refractivity contribution in [1.29, 1.82) is 0 Å². The number of sulfonamides is 1. The molecule has 0 atom stereocenters. The lowest BCUT2D eigenvalue weighted by Gasteiger charge is -2.16. The Morgan fingerprint density at radius 1 is 1.47 bits per heavy atom. The molecule has 0 aliphatic heterocycles. The third kappa shape index (κ3) is 2.65. The highest BCUT2D eigenvalue weighted by atomic mass is 32.2. The van der Waals surface area contributed by atoms with Gasteiger partial charge in [0.25, 0.3) is 5.91 Å². The first-order chi connectivity index (χ1) is 7.97. The molecule has 1 amide bonds. The number of nitrogen functional groups attached to an aromatic ring is 1. The van der Waals surface area contributed by atoms with Crippen LogP contribution < -0.4 is 11.3 Å². The Morgan fingerprint density at radius 2 is 2.06 bits per heavy atom. The second-order valence-electron chi connectivity index (χ2n) is 3.31. The van der Waals surface area contributed by atoms with Gasteiger partial charge in [-0.1, -0.05) is 13.8 Å². The van der Waals surface area contributed by atoms with Crippen molar-refractivity contribution in [3.05, 3.63) is 18.0 Å². The van der Waals surface area contributed by atoms with Crippen LogP contribution >= 0.6 is 0 Å². The minimum Gasteiger partial charge on any atom is -0.356 e. The second-order valence-corrected chi connectivity index (χ2v) is 5.25. The van der Waals surface area contributed by atoms with Crippen LogP contribution in [0.4, 0.5) is 0 Å². The molecule has 0 fully saturated rings. The summed E-state index contributed by atoms with van der Waals surface area (Å²) in [4.78, 5) is 13.8. The number of hydrogen-bond acceptors (Lipinski definition) is 4. The number of carbonyl (C=O) groups is 1. The third-order valence-electron chi connectivity index (χ3n) is 2.38. The molecule has 1 aromatic heterocycles. The highest BCUT2D eigenvalue weighted by Crippen LogP contribution is 2.16. The van der Waals surface area contributed by atoms with Crippen molar-refractivity contribution >= 4 is 15.9 Å². The maximum absolute atomic E-state index is 12.1. The lowest BCUT2D eigenvalue weighted by Crippen LogP contribution is -2.31. The number of amides is 1. The molecule has 0 radical (unpaired) electrons. The van der Waals surface area contributed by atoms with Crippen molar-refractivity contribution in [2.45, 2.75) is 18.7 Å². The van der Waals surface area contributed by atoms with Crippen LogP contribution in [0.2, 0.25) is 0 Å². The average molecular weight is 260 g/mol. The Bertz CT molecular complexity index is 490. The summed E-state index contributed by atoms with van der Waals surface area (Å²) in [6, 6.07) is 1.26. The molecule has 0 unspecified atom stereocenters. The maximum Gasteiger partial charge on any atom is 0.281 e. The van der Waals surface area contributed by atoms with Gasteiger partial charge in [0.15, 0.2) is 0 Å². The summed E-state index contributed by atoms with van der Waals surface area (Å²) in [5, 5.41) is 0. The van der Waals surface area contributed by atoms with Gasteiger partial charge in [-0.15, -0.1) is 0 Å². The highest BCUT2D eigenvalue weighted by Gasteiger charge is 2.23. The predicted molar refractivity (Wildman–Crippen MR) is 62.6 cm³/mol. The lowest BCUT2D eigenvalue weighted by atomic mass is 10.4. The zero-order valence-electron chi connectivity index (χ0n) is 9.73. The van der Waals surface area contributed by atoms with E-state index in [4.69, 9.17) is 5.84 Å². The van der Waals surface area contributed by atoms with Crippen molar-refractivity contribution in [3.8, 4) is 0 Å². The fourth-order valence-corrected chi connectivity index (χ4v) is 2.90. The molecule has 4 N–H and O–H groups in total. The number of hydrazine groups is 1. The van der Waals surface area contributed by atoms with Crippen LogP contribution in [0.3, 0.4) is 0 Å². The van der Waals surface area contributed by atoms with Crippen LogP contribution in [0.1, 0.15) is 24.3 Å². The largest absolute Gasteiger partial charge is 0.356 e. The third-order valence-corrected chi connectivity index (χ3v) is 4.40. The van der Waals surface area contributed by atoms with Crippen LogP contribution in [-0.4, -0.2) is 36.7 Å². The molecule has 0 bridgehead atoms. The van der Waals surface area contributed by atoms with Crippen LogP contribution in [-0.2, 0) is 10.0 Å². The molecular weight excluding hydrogens is 244 g/mol. The van der Waals surface area contributed by atoms with E-state index in [1.807, 2.05) is 5.43 Å². The number of hydrogen-bond donors (Lipinski definition) is 3. The van der Waals surface area contributed by atoms with E-state index in [2.05, 4.69) is 4.98 Å². The van der Waals surface area contributed by atoms with Crippen LogP contribution in [0.15, 0.2) is 17.2 Å². The number of rotatable bonds is 5. The fraction of sp³-hybridized carbons (Fsp3) is 0.444. The summed E-state index contributed by atoms with van der Waals surface area (Å²) in [5.41, 5.74) is 2.03. The maximum atomic E-state index is 12.1. The smallest absolute Gasteiger partial charge is 0.281 e. The zero-order valence-corrected chi connectivity index (χ0v) is 10.5. The standard InChI is InChI=1S/C9H16N4O3S/c1-3-13(4-2)17(15,16)7-5-8(11-6-7)9(14)12-10/h5-6,11H,3-4,10H2,1-2H3,(H,12,14). The zero-order chi connectivity index (χ0) is 13.1. The first kappa shape index (κ1) is 13.7. The van der Waals surface area contributed by atoms with E-state index < -0.39 is 15.9 Å². The van der Waals surface area contributed by atoms with Crippen molar-refractivity contribution in [2.24, 2.45) is 5.84 Å². The Balaban J connectivity index is 3.08. The SMILES string of the molecule is CCN(CC)S(=O)(=O)c1c[nH]c(C(=O)NN)c1. The van der Waals surface area contributed by atoms with E-state index in [0.717, 1.165) is 0 Å². The molecule has 1 heterocycles. The molecule has 0 saturated heterocycles. The highest BCUT2D eigenvalue weighted by molar-refractivity contribution is 7.89. The van der Waals surface area contributed by atoms with Crippen LogP contribution in [0.5, 0.6) is 0 Å². The normalized spacial score (nSPS) is 11.8. The number of aromatic nitrogens is 1. The number of carbonyl (C=O) groups excluding carboxylic acids is 1. The van der Waals surface area contributed by atoms with Gasteiger partial charge in [0, 0.05) is 19.3 Å². The number of nitrogens with two attached hydrogens (primary N) is 1. The van der Waals surface area contributed by atoms with Gasteiger partial charge in [-0.3, -0.25) is 10.2 Å². The van der Waals surface area contributed by atoms with Gasteiger partial charge in [0.1, 0.15) is 10.6 Å². The molecular formula is C9H16N4O3S. The minimum absolute atomic E-state index is 0.0554. The first-order valence-corrected chi connectivity index (χ1v) is 6.60. The van der Waals surface area contributed by atoms with Gasteiger partial charge in [0.2, 0.25) is 10.0 Å². The van der Waals surface area contributed by atoms with Gasteiger partial charge in [-0.2, -0.15) is 4.31 Å². The van der Waals surface area contributed by atoms with E-state index in [1.54, 1.807) is 13.8 Å².